The summed E-state index contributed by atoms with van der Waals surface area (Å²) in [5, 5.41) is 23.3. The van der Waals surface area contributed by atoms with E-state index in [2.05, 4.69) is 31.3 Å². The monoisotopic (exact) mass is 1080 g/mol. The van der Waals surface area contributed by atoms with Gasteiger partial charge in [0.1, 0.15) is 0 Å². The maximum atomic E-state index is 12.5. The molecule has 0 aliphatic heterocycles. The van der Waals surface area contributed by atoms with Crippen LogP contribution in [0.3, 0.4) is 0 Å². The molecule has 0 aliphatic carbocycles. The Labute approximate surface area is 481 Å². The summed E-state index contributed by atoms with van der Waals surface area (Å²) < 4.78 is 5.47. The van der Waals surface area contributed by atoms with Gasteiger partial charge < -0.3 is 20.3 Å². The van der Waals surface area contributed by atoms with Crippen LogP contribution in [0.25, 0.3) is 0 Å². The van der Waals surface area contributed by atoms with Gasteiger partial charge in [0.15, 0.2) is 0 Å². The van der Waals surface area contributed by atoms with Crippen LogP contribution in [0.15, 0.2) is 24.3 Å². The predicted octanol–water partition coefficient (Wildman–Crippen LogP) is 22.5. The van der Waals surface area contributed by atoms with Crippen LogP contribution in [0.2, 0.25) is 0 Å². The van der Waals surface area contributed by atoms with Crippen LogP contribution in [-0.4, -0.2) is 47.4 Å². The molecular weight excluding hydrogens is 947 g/mol. The van der Waals surface area contributed by atoms with E-state index in [1.807, 2.05) is 6.08 Å². The maximum Gasteiger partial charge on any atom is 0.305 e. The summed E-state index contributed by atoms with van der Waals surface area (Å²) in [4.78, 5) is 24.5. The van der Waals surface area contributed by atoms with E-state index in [9.17, 15) is 19.8 Å². The summed E-state index contributed by atoms with van der Waals surface area (Å²) in [6.45, 7) is 4.90. The third-order valence-electron chi connectivity index (χ3n) is 16.5. The minimum absolute atomic E-state index is 0.00457. The van der Waals surface area contributed by atoms with E-state index in [4.69, 9.17) is 4.74 Å². The predicted molar refractivity (Wildman–Crippen MR) is 338 cm³/mol. The van der Waals surface area contributed by atoms with Crippen molar-refractivity contribution in [1.29, 1.82) is 0 Å². The lowest BCUT2D eigenvalue weighted by atomic mass is 10.0. The second-order valence-corrected chi connectivity index (χ2v) is 24.2. The van der Waals surface area contributed by atoms with E-state index in [-0.39, 0.29) is 18.5 Å². The van der Waals surface area contributed by atoms with E-state index in [0.717, 1.165) is 44.9 Å². The van der Waals surface area contributed by atoms with E-state index in [1.54, 1.807) is 6.08 Å². The summed E-state index contributed by atoms with van der Waals surface area (Å²) in [5.74, 6) is -0.0577. The largest absolute Gasteiger partial charge is 0.466 e. The number of aliphatic hydroxyl groups excluding tert-OH is 2. The molecule has 0 bridgehead atoms. The Morgan fingerprint density at radius 1 is 0.351 bits per heavy atom. The molecule has 0 spiro atoms. The number of aliphatic hydroxyl groups is 2. The zero-order chi connectivity index (χ0) is 55.7. The van der Waals surface area contributed by atoms with Gasteiger partial charge in [-0.15, -0.1) is 0 Å². The Bertz CT molecular complexity index is 1200. The first-order chi connectivity index (χ1) is 38.0. The third-order valence-corrected chi connectivity index (χ3v) is 16.5. The minimum Gasteiger partial charge on any atom is -0.466 e. The van der Waals surface area contributed by atoms with Gasteiger partial charge >= 0.3 is 5.97 Å². The first-order valence-corrected chi connectivity index (χ1v) is 35.1. The number of carbonyl (C=O) groups excluding carboxylic acids is 2. The van der Waals surface area contributed by atoms with Crippen molar-refractivity contribution < 1.29 is 24.5 Å². The number of esters is 1. The Kier molecular flexibility index (Phi) is 65.4. The van der Waals surface area contributed by atoms with Gasteiger partial charge in [0.25, 0.3) is 0 Å². The molecule has 0 heterocycles. The molecule has 6 nitrogen and oxygen atoms in total. The zero-order valence-corrected chi connectivity index (χ0v) is 52.2. The molecule has 0 saturated carbocycles. The summed E-state index contributed by atoms with van der Waals surface area (Å²) >= 11 is 0. The van der Waals surface area contributed by atoms with Gasteiger partial charge in [-0.25, -0.2) is 0 Å². The normalized spacial score (nSPS) is 12.6. The molecule has 0 aromatic rings. The van der Waals surface area contributed by atoms with Gasteiger partial charge in [-0.05, 0) is 51.4 Å². The highest BCUT2D eigenvalue weighted by Crippen LogP contribution is 2.19. The van der Waals surface area contributed by atoms with Crippen LogP contribution >= 0.6 is 0 Å². The van der Waals surface area contributed by atoms with Crippen LogP contribution in [0, 0.1) is 0 Å². The van der Waals surface area contributed by atoms with Gasteiger partial charge in [0, 0.05) is 12.8 Å². The summed E-state index contributed by atoms with van der Waals surface area (Å²) in [5.41, 5.74) is 0. The topological polar surface area (TPSA) is 95.9 Å². The molecule has 456 valence electrons. The third kappa shape index (κ3) is 63.4. The fourth-order valence-electron chi connectivity index (χ4n) is 11.1. The molecule has 0 saturated heterocycles. The Morgan fingerprint density at radius 3 is 0.961 bits per heavy atom. The van der Waals surface area contributed by atoms with Crippen molar-refractivity contribution in [2.45, 2.75) is 405 Å². The van der Waals surface area contributed by atoms with E-state index in [1.165, 1.54) is 321 Å². The number of allylic oxidation sites excluding steroid dienone is 3. The molecule has 0 radical (unpaired) electrons. The molecule has 77 heavy (non-hydrogen) atoms. The molecule has 0 aliphatic rings. The number of amides is 1. The Hall–Kier alpha value is -1.66. The van der Waals surface area contributed by atoms with Gasteiger partial charge in [-0.2, -0.15) is 0 Å². The zero-order valence-electron chi connectivity index (χ0n) is 52.2. The lowest BCUT2D eigenvalue weighted by Crippen LogP contribution is -2.45. The van der Waals surface area contributed by atoms with Gasteiger partial charge in [0.05, 0.1) is 25.4 Å². The molecule has 0 rings (SSSR count). The van der Waals surface area contributed by atoms with Crippen molar-refractivity contribution in [3.8, 4) is 0 Å². The molecular formula is C71H137NO5. The maximum absolute atomic E-state index is 12.5. The lowest BCUT2D eigenvalue weighted by Gasteiger charge is -2.20. The summed E-state index contributed by atoms with van der Waals surface area (Å²) in [7, 11) is 0. The van der Waals surface area contributed by atoms with Crippen molar-refractivity contribution in [2.75, 3.05) is 13.2 Å². The van der Waals surface area contributed by atoms with Crippen LogP contribution in [-0.2, 0) is 14.3 Å². The van der Waals surface area contributed by atoms with E-state index in [0.29, 0.717) is 19.4 Å². The molecule has 3 N–H and O–H groups in total. The van der Waals surface area contributed by atoms with E-state index < -0.39 is 12.1 Å². The van der Waals surface area contributed by atoms with Crippen LogP contribution in [0.5, 0.6) is 0 Å². The number of nitrogens with one attached hydrogen (secondary N) is 1. The van der Waals surface area contributed by atoms with Crippen molar-refractivity contribution in [2.24, 2.45) is 0 Å². The molecule has 2 atom stereocenters. The van der Waals surface area contributed by atoms with Gasteiger partial charge in [0.2, 0.25) is 5.91 Å². The Balaban J connectivity index is 3.40. The average molecular weight is 1080 g/mol. The van der Waals surface area contributed by atoms with Crippen molar-refractivity contribution in [3.63, 3.8) is 0 Å². The highest BCUT2D eigenvalue weighted by atomic mass is 16.5. The number of rotatable bonds is 66. The molecule has 0 aromatic carbocycles. The summed E-state index contributed by atoms with van der Waals surface area (Å²) in [6, 6.07) is -0.628. The quantitative estimate of drug-likeness (QED) is 0.0320. The highest BCUT2D eigenvalue weighted by molar-refractivity contribution is 5.76. The fraction of sp³-hybridized carbons (Fsp3) is 0.915. The van der Waals surface area contributed by atoms with Gasteiger partial charge in [-0.3, -0.25) is 9.59 Å². The smallest absolute Gasteiger partial charge is 0.305 e. The standard InChI is InChI=1S/C71H137NO5/c1-3-5-7-9-11-13-15-16-17-18-19-20-21-22-25-28-31-34-37-40-44-47-51-55-59-63-69(74)68(67-73)72-70(75)64-60-56-52-48-45-41-38-35-32-29-26-23-24-27-30-33-36-39-42-46-50-54-58-62-66-77-71(76)65-61-57-53-49-43-14-12-10-8-6-4-2/h10,12,59,63,68-69,73-74H,3-9,11,13-58,60-62,64-67H2,1-2H3,(H,72,75)/b12-10-,63-59+. The van der Waals surface area contributed by atoms with E-state index >= 15 is 0 Å². The molecule has 6 heteroatoms. The van der Waals surface area contributed by atoms with Crippen LogP contribution < -0.4 is 5.32 Å². The average Bonchev–Trinajstić information content (AvgIpc) is 3.43. The lowest BCUT2D eigenvalue weighted by molar-refractivity contribution is -0.143. The first kappa shape index (κ1) is 75.3. The number of hydrogen-bond acceptors (Lipinski definition) is 5. The van der Waals surface area contributed by atoms with Crippen molar-refractivity contribution in [3.05, 3.63) is 24.3 Å². The SMILES string of the molecule is CCCC/C=C\CCCCCCCC(=O)OCCCCCCCCCCCCCCCCCCCCCCCCCCC(=O)NC(CO)C(O)/C=C/CCCCCCCCCCCCCCCCCCCCCCCCC. The van der Waals surface area contributed by atoms with Crippen molar-refractivity contribution in [1.82, 2.24) is 5.32 Å². The molecule has 0 aromatic heterocycles. The number of ether oxygens (including phenoxy) is 1. The fourth-order valence-corrected chi connectivity index (χ4v) is 11.1. The second-order valence-electron chi connectivity index (χ2n) is 24.2. The van der Waals surface area contributed by atoms with Crippen LogP contribution in [0.4, 0.5) is 0 Å². The first-order valence-electron chi connectivity index (χ1n) is 35.1. The Morgan fingerprint density at radius 2 is 0.623 bits per heavy atom. The number of carbonyl (C=O) groups is 2. The summed E-state index contributed by atoms with van der Waals surface area (Å²) in [6.07, 6.45) is 84.0. The minimum atomic E-state index is -0.845. The highest BCUT2D eigenvalue weighted by Gasteiger charge is 2.18. The number of hydrogen-bond donors (Lipinski definition) is 3. The van der Waals surface area contributed by atoms with Crippen molar-refractivity contribution >= 4 is 11.9 Å². The number of unbranched alkanes of at least 4 members (excludes halogenated alkanes) is 53. The van der Waals surface area contributed by atoms with Gasteiger partial charge in [-0.1, -0.05) is 353 Å². The second kappa shape index (κ2) is 66.8. The van der Waals surface area contributed by atoms with Crippen LogP contribution in [0.1, 0.15) is 393 Å². The molecule has 0 fully saturated rings. The molecule has 2 unspecified atom stereocenters. The molecule has 1 amide bonds.